The summed E-state index contributed by atoms with van der Waals surface area (Å²) in [6.07, 6.45) is 4.61. The van der Waals surface area contributed by atoms with Crippen LogP contribution in [0.3, 0.4) is 0 Å². The van der Waals surface area contributed by atoms with Crippen LogP contribution in [0.2, 0.25) is 0 Å². The van der Waals surface area contributed by atoms with Gasteiger partial charge in [0.15, 0.2) is 0 Å². The molecule has 0 saturated heterocycles. The number of rotatable bonds is 4. The van der Waals surface area contributed by atoms with Crippen LogP contribution in [0, 0.1) is 24.5 Å². The lowest BCUT2D eigenvalue weighted by atomic mass is 9.83. The van der Waals surface area contributed by atoms with E-state index in [0.717, 1.165) is 12.8 Å². The van der Waals surface area contributed by atoms with Crippen LogP contribution in [0.5, 0.6) is 0 Å². The van der Waals surface area contributed by atoms with Gasteiger partial charge in [-0.15, -0.1) is 0 Å². The minimum Gasteiger partial charge on any atom is -0.330 e. The Bertz CT molecular complexity index is 490. The van der Waals surface area contributed by atoms with Gasteiger partial charge >= 0.3 is 0 Å². The number of halogens is 2. The summed E-state index contributed by atoms with van der Waals surface area (Å²) < 4.78 is 27.9. The fraction of sp³-hybridized carbons (Fsp3) is 0.647. The molecule has 21 heavy (non-hydrogen) atoms. The summed E-state index contributed by atoms with van der Waals surface area (Å²) in [5, 5.41) is 0. The van der Waals surface area contributed by atoms with Crippen molar-refractivity contribution in [1.82, 2.24) is 4.90 Å². The molecular formula is C17H26F2N2. The van der Waals surface area contributed by atoms with Crippen molar-refractivity contribution in [3.8, 4) is 0 Å². The predicted octanol–water partition coefficient (Wildman–Crippen LogP) is 3.78. The van der Waals surface area contributed by atoms with Crippen molar-refractivity contribution in [2.24, 2.45) is 11.7 Å². The maximum Gasteiger partial charge on any atom is 0.128 e. The zero-order valence-corrected chi connectivity index (χ0v) is 13.2. The molecule has 2 nitrogen and oxygen atoms in total. The van der Waals surface area contributed by atoms with E-state index in [1.165, 1.54) is 25.0 Å². The molecule has 1 aliphatic carbocycles. The van der Waals surface area contributed by atoms with Gasteiger partial charge in [0, 0.05) is 17.6 Å². The summed E-state index contributed by atoms with van der Waals surface area (Å²) >= 11 is 0. The topological polar surface area (TPSA) is 29.3 Å². The fourth-order valence-corrected chi connectivity index (χ4v) is 3.49. The van der Waals surface area contributed by atoms with Crippen molar-refractivity contribution in [1.29, 1.82) is 0 Å². The van der Waals surface area contributed by atoms with Gasteiger partial charge in [-0.1, -0.05) is 12.8 Å². The highest BCUT2D eigenvalue weighted by atomic mass is 19.1. The molecular weight excluding hydrogens is 270 g/mol. The van der Waals surface area contributed by atoms with Gasteiger partial charge in [-0.2, -0.15) is 0 Å². The van der Waals surface area contributed by atoms with Crippen molar-refractivity contribution in [2.45, 2.75) is 51.6 Å². The van der Waals surface area contributed by atoms with Crippen molar-refractivity contribution in [3.63, 3.8) is 0 Å². The Hall–Kier alpha value is -1.00. The third-order valence-electron chi connectivity index (χ3n) is 5.03. The second kappa shape index (κ2) is 6.84. The Kier molecular flexibility index (Phi) is 5.33. The van der Waals surface area contributed by atoms with E-state index < -0.39 is 0 Å². The van der Waals surface area contributed by atoms with Crippen LogP contribution < -0.4 is 5.73 Å². The number of nitrogens with two attached hydrogens (primary N) is 1. The van der Waals surface area contributed by atoms with E-state index in [4.69, 9.17) is 5.73 Å². The highest BCUT2D eigenvalue weighted by Gasteiger charge is 2.31. The van der Waals surface area contributed by atoms with E-state index in [0.29, 0.717) is 29.6 Å². The normalized spacial score (nSPS) is 24.3. The molecule has 3 unspecified atom stereocenters. The van der Waals surface area contributed by atoms with E-state index in [1.54, 1.807) is 6.92 Å². The first-order valence-corrected chi connectivity index (χ1v) is 7.83. The Morgan fingerprint density at radius 3 is 2.57 bits per heavy atom. The number of hydrogen-bond donors (Lipinski definition) is 1. The molecule has 118 valence electrons. The van der Waals surface area contributed by atoms with Gasteiger partial charge in [-0.3, -0.25) is 4.90 Å². The van der Waals surface area contributed by atoms with Gasteiger partial charge in [0.25, 0.3) is 0 Å². The monoisotopic (exact) mass is 296 g/mol. The molecule has 2 rings (SSSR count). The van der Waals surface area contributed by atoms with Crippen molar-refractivity contribution in [2.75, 3.05) is 13.6 Å². The van der Waals surface area contributed by atoms with Crippen LogP contribution in [0.25, 0.3) is 0 Å². The molecule has 4 heteroatoms. The van der Waals surface area contributed by atoms with E-state index in [-0.39, 0.29) is 17.7 Å². The summed E-state index contributed by atoms with van der Waals surface area (Å²) in [7, 11) is 2.00. The van der Waals surface area contributed by atoms with Gasteiger partial charge in [-0.05, 0) is 63.9 Å². The molecule has 3 atom stereocenters. The zero-order chi connectivity index (χ0) is 15.6. The third kappa shape index (κ3) is 3.43. The lowest BCUT2D eigenvalue weighted by molar-refractivity contribution is 0.0972. The van der Waals surface area contributed by atoms with Gasteiger partial charge in [0.1, 0.15) is 11.6 Å². The average molecular weight is 296 g/mol. The Morgan fingerprint density at radius 2 is 1.90 bits per heavy atom. The maximum absolute atomic E-state index is 14.2. The Morgan fingerprint density at radius 1 is 1.24 bits per heavy atom. The largest absolute Gasteiger partial charge is 0.330 e. The summed E-state index contributed by atoms with van der Waals surface area (Å²) in [4.78, 5) is 2.17. The van der Waals surface area contributed by atoms with E-state index in [2.05, 4.69) is 4.90 Å². The maximum atomic E-state index is 14.2. The molecule has 2 N–H and O–H groups in total. The van der Waals surface area contributed by atoms with Gasteiger partial charge < -0.3 is 5.73 Å². The summed E-state index contributed by atoms with van der Waals surface area (Å²) in [6.45, 7) is 4.18. The summed E-state index contributed by atoms with van der Waals surface area (Å²) in [5.74, 6) is -0.219. The van der Waals surface area contributed by atoms with E-state index in [9.17, 15) is 8.78 Å². The average Bonchev–Trinajstić information content (AvgIpc) is 2.49. The first-order chi connectivity index (χ1) is 9.95. The highest BCUT2D eigenvalue weighted by molar-refractivity contribution is 5.27. The van der Waals surface area contributed by atoms with Crippen molar-refractivity contribution in [3.05, 3.63) is 34.9 Å². The third-order valence-corrected chi connectivity index (χ3v) is 5.03. The summed E-state index contributed by atoms with van der Waals surface area (Å²) in [6, 6.07) is 2.82. The van der Waals surface area contributed by atoms with E-state index in [1.807, 2.05) is 14.0 Å². The lowest BCUT2D eigenvalue weighted by Crippen LogP contribution is -2.44. The van der Waals surface area contributed by atoms with Crippen LogP contribution in [-0.2, 0) is 0 Å². The number of hydrogen-bond acceptors (Lipinski definition) is 2. The molecule has 1 fully saturated rings. The molecule has 0 heterocycles. The predicted molar refractivity (Wildman–Crippen MR) is 82.1 cm³/mol. The molecule has 1 aliphatic rings. The fourth-order valence-electron chi connectivity index (χ4n) is 3.49. The summed E-state index contributed by atoms with van der Waals surface area (Å²) in [5.41, 5.74) is 6.67. The smallest absolute Gasteiger partial charge is 0.128 e. The first-order valence-electron chi connectivity index (χ1n) is 7.83. The minimum absolute atomic E-state index is 0.155. The lowest BCUT2D eigenvalue weighted by Gasteiger charge is -2.40. The SMILES string of the molecule is Cc1cc(F)c(C(C)N(C)C2CCCCC2CN)cc1F. The van der Waals surface area contributed by atoms with Gasteiger partial charge in [0.05, 0.1) is 0 Å². The van der Waals surface area contributed by atoms with Gasteiger partial charge in [0.2, 0.25) is 0 Å². The number of nitrogens with zero attached hydrogens (tertiary/aromatic N) is 1. The second-order valence-electron chi connectivity index (χ2n) is 6.31. The quantitative estimate of drug-likeness (QED) is 0.916. The number of benzene rings is 1. The Labute approximate surface area is 126 Å². The van der Waals surface area contributed by atoms with E-state index >= 15 is 0 Å². The van der Waals surface area contributed by atoms with Crippen LogP contribution in [0.4, 0.5) is 8.78 Å². The molecule has 0 radical (unpaired) electrons. The molecule has 0 aliphatic heterocycles. The molecule has 0 aromatic heterocycles. The standard InChI is InChI=1S/C17H26F2N2/c1-11-8-16(19)14(9-15(11)18)12(2)21(3)17-7-5-4-6-13(17)10-20/h8-9,12-13,17H,4-7,10,20H2,1-3H3. The highest BCUT2D eigenvalue weighted by Crippen LogP contribution is 2.33. The zero-order valence-electron chi connectivity index (χ0n) is 13.2. The van der Waals surface area contributed by atoms with Gasteiger partial charge in [-0.25, -0.2) is 8.78 Å². The molecule has 1 aromatic carbocycles. The molecule has 1 aromatic rings. The number of aryl methyl sites for hydroxylation is 1. The van der Waals surface area contributed by atoms with Crippen molar-refractivity contribution >= 4 is 0 Å². The second-order valence-corrected chi connectivity index (χ2v) is 6.31. The molecule has 0 spiro atoms. The van der Waals surface area contributed by atoms with Crippen LogP contribution >= 0.6 is 0 Å². The minimum atomic E-state index is -0.342. The van der Waals surface area contributed by atoms with Crippen LogP contribution in [0.15, 0.2) is 12.1 Å². The van der Waals surface area contributed by atoms with Crippen LogP contribution in [-0.4, -0.2) is 24.5 Å². The first kappa shape index (κ1) is 16.4. The molecule has 1 saturated carbocycles. The molecule has 0 bridgehead atoms. The van der Waals surface area contributed by atoms with Crippen molar-refractivity contribution < 1.29 is 8.78 Å². The molecule has 0 amide bonds. The van der Waals surface area contributed by atoms with Crippen LogP contribution in [0.1, 0.15) is 49.8 Å². The Balaban J connectivity index is 2.22.